The molecule has 3 rings (SSSR count). The molecule has 180 valence electrons. The topological polar surface area (TPSA) is 46.2 Å². The van der Waals surface area contributed by atoms with Crippen molar-refractivity contribution in [1.29, 1.82) is 0 Å². The van der Waals surface area contributed by atoms with Gasteiger partial charge in [-0.15, -0.1) is 11.3 Å². The Kier molecular flexibility index (Phi) is 15.8. The molecule has 3 nitrogen and oxygen atoms in total. The normalized spacial score (nSPS) is 17.4. The Bertz CT molecular complexity index is 763. The minimum Gasteiger partial charge on any atom is -0.325 e. The average Bonchev–Trinajstić information content (AvgIpc) is 3.23. The number of ketones is 1. The number of nitrogens with one attached hydrogen (secondary N) is 1. The first kappa shape index (κ1) is 30.1. The van der Waals surface area contributed by atoms with Gasteiger partial charge in [-0.25, -0.2) is 0 Å². The Balaban J connectivity index is 0.000000727. The van der Waals surface area contributed by atoms with Gasteiger partial charge in [0.25, 0.3) is 0 Å². The van der Waals surface area contributed by atoms with Crippen LogP contribution < -0.4 is 5.32 Å². The molecule has 1 fully saturated rings. The molecule has 1 aromatic rings. The number of amides is 1. The molecule has 2 aliphatic rings. The van der Waals surface area contributed by atoms with Crippen LogP contribution in [-0.4, -0.2) is 11.7 Å². The van der Waals surface area contributed by atoms with Crippen molar-refractivity contribution in [3.8, 4) is 11.8 Å². The molecule has 32 heavy (non-hydrogen) atoms. The van der Waals surface area contributed by atoms with Crippen molar-refractivity contribution in [3.63, 3.8) is 0 Å². The molecule has 2 aliphatic carbocycles. The summed E-state index contributed by atoms with van der Waals surface area (Å²) in [5.41, 5.74) is 2.27. The predicted octanol–water partition coefficient (Wildman–Crippen LogP) is 8.40. The predicted molar refractivity (Wildman–Crippen MR) is 141 cm³/mol. The van der Waals surface area contributed by atoms with E-state index in [1.165, 1.54) is 12.0 Å². The maximum atomic E-state index is 12.2. The third-order valence-electron chi connectivity index (χ3n) is 4.85. The first-order valence-corrected chi connectivity index (χ1v) is 13.2. The van der Waals surface area contributed by atoms with Crippen LogP contribution in [0.2, 0.25) is 0 Å². The lowest BCUT2D eigenvalue weighted by Gasteiger charge is -2.19. The lowest BCUT2D eigenvalue weighted by atomic mass is 9.89. The van der Waals surface area contributed by atoms with E-state index in [1.807, 2.05) is 39.1 Å². The van der Waals surface area contributed by atoms with Crippen molar-refractivity contribution in [2.75, 3.05) is 5.32 Å². The van der Waals surface area contributed by atoms with Gasteiger partial charge in [-0.2, -0.15) is 0 Å². The standard InChI is InChI=1S/C18H23NOS.C6H10O.2C2H6/c1-13-5-7-14(8-6-13)17(20)19-15-11-16(21-12-15)9-10-18(2,3)4;7-6-4-2-1-3-5-6;2*1-2/h5,11-12,14H,6-8H2,1-4H3,(H,19,20);1-5H2;2*1-2H3/t14-;;;/m0.../s1. The highest BCUT2D eigenvalue weighted by Gasteiger charge is 2.20. The zero-order valence-corrected chi connectivity index (χ0v) is 22.5. The summed E-state index contributed by atoms with van der Waals surface area (Å²) in [6, 6.07) is 1.96. The summed E-state index contributed by atoms with van der Waals surface area (Å²) >= 11 is 1.58. The summed E-state index contributed by atoms with van der Waals surface area (Å²) in [7, 11) is 0. The fraction of sp³-hybridized carbons (Fsp3) is 0.643. The number of thiophene rings is 1. The van der Waals surface area contributed by atoms with Crippen molar-refractivity contribution in [3.05, 3.63) is 28.0 Å². The number of carbonyl (C=O) groups is 2. The summed E-state index contributed by atoms with van der Waals surface area (Å²) in [5, 5.41) is 4.99. The zero-order chi connectivity index (χ0) is 24.6. The van der Waals surface area contributed by atoms with Gasteiger partial charge in [-0.1, -0.05) is 57.6 Å². The lowest BCUT2D eigenvalue weighted by molar-refractivity contribution is -0.120. The Morgan fingerprint density at radius 3 is 2.16 bits per heavy atom. The van der Waals surface area contributed by atoms with Gasteiger partial charge in [0.15, 0.2) is 0 Å². The molecular formula is C28H45NO2S. The van der Waals surface area contributed by atoms with Crippen molar-refractivity contribution in [2.24, 2.45) is 11.3 Å². The molecular weight excluding hydrogens is 414 g/mol. The molecule has 1 atom stereocenters. The van der Waals surface area contributed by atoms with E-state index in [0.29, 0.717) is 5.78 Å². The fourth-order valence-electron chi connectivity index (χ4n) is 3.11. The van der Waals surface area contributed by atoms with Crippen molar-refractivity contribution < 1.29 is 9.59 Å². The second kappa shape index (κ2) is 16.7. The summed E-state index contributed by atoms with van der Waals surface area (Å²) in [5.74, 6) is 7.09. The van der Waals surface area contributed by atoms with Gasteiger partial charge in [-0.05, 0) is 65.9 Å². The van der Waals surface area contributed by atoms with Crippen LogP contribution in [0.15, 0.2) is 23.1 Å². The number of rotatable bonds is 2. The van der Waals surface area contributed by atoms with Crippen LogP contribution in [0.3, 0.4) is 0 Å². The van der Waals surface area contributed by atoms with E-state index in [1.54, 1.807) is 11.3 Å². The number of hydrogen-bond acceptors (Lipinski definition) is 3. The monoisotopic (exact) mass is 459 g/mol. The van der Waals surface area contributed by atoms with E-state index < -0.39 is 0 Å². The summed E-state index contributed by atoms with van der Waals surface area (Å²) in [6.45, 7) is 16.4. The number of anilines is 1. The minimum absolute atomic E-state index is 0.000304. The third-order valence-corrected chi connectivity index (χ3v) is 5.69. The van der Waals surface area contributed by atoms with Gasteiger partial charge in [0.05, 0.1) is 10.6 Å². The van der Waals surface area contributed by atoms with Crippen LogP contribution in [0.4, 0.5) is 5.69 Å². The highest BCUT2D eigenvalue weighted by Crippen LogP contribution is 2.26. The molecule has 4 heteroatoms. The molecule has 1 amide bonds. The van der Waals surface area contributed by atoms with E-state index in [9.17, 15) is 9.59 Å². The van der Waals surface area contributed by atoms with Crippen LogP contribution in [0.1, 0.15) is 112 Å². The SMILES string of the molecule is CC.CC.CC1=CC[C@H](C(=O)Nc2csc(C#CC(C)(C)C)c2)CC1.O=C1CCCCC1. The van der Waals surface area contributed by atoms with Crippen LogP contribution in [0, 0.1) is 23.2 Å². The summed E-state index contributed by atoms with van der Waals surface area (Å²) in [4.78, 5) is 23.7. The maximum absolute atomic E-state index is 12.2. The molecule has 0 unspecified atom stereocenters. The molecule has 1 saturated carbocycles. The van der Waals surface area contributed by atoms with Crippen LogP contribution in [0.25, 0.3) is 0 Å². The molecule has 0 aromatic carbocycles. The van der Waals surface area contributed by atoms with Crippen molar-refractivity contribution >= 4 is 28.7 Å². The summed E-state index contributed by atoms with van der Waals surface area (Å²) in [6.07, 6.45) is 10.3. The molecule has 0 spiro atoms. The molecule has 0 saturated heterocycles. The average molecular weight is 460 g/mol. The van der Waals surface area contributed by atoms with Crippen LogP contribution in [-0.2, 0) is 9.59 Å². The minimum atomic E-state index is -0.000304. The van der Waals surface area contributed by atoms with Crippen LogP contribution >= 0.6 is 11.3 Å². The van der Waals surface area contributed by atoms with E-state index in [0.717, 1.165) is 55.5 Å². The van der Waals surface area contributed by atoms with Crippen LogP contribution in [0.5, 0.6) is 0 Å². The van der Waals surface area contributed by atoms with Crippen molar-refractivity contribution in [2.45, 2.75) is 107 Å². The smallest absolute Gasteiger partial charge is 0.227 e. The molecule has 0 aliphatic heterocycles. The summed E-state index contributed by atoms with van der Waals surface area (Å²) < 4.78 is 0. The quantitative estimate of drug-likeness (QED) is 0.356. The van der Waals surface area contributed by atoms with E-state index >= 15 is 0 Å². The molecule has 0 bridgehead atoms. The Hall–Kier alpha value is -1.86. The largest absolute Gasteiger partial charge is 0.325 e. The maximum Gasteiger partial charge on any atom is 0.227 e. The third kappa shape index (κ3) is 13.5. The Morgan fingerprint density at radius 2 is 1.69 bits per heavy atom. The molecule has 0 radical (unpaired) electrons. The van der Waals surface area contributed by atoms with Gasteiger partial charge in [0.1, 0.15) is 5.78 Å². The number of carbonyl (C=O) groups excluding carboxylic acids is 2. The van der Waals surface area contributed by atoms with Gasteiger partial charge in [-0.3, -0.25) is 9.59 Å². The van der Waals surface area contributed by atoms with E-state index in [4.69, 9.17) is 0 Å². The van der Waals surface area contributed by atoms with Gasteiger partial charge in [0.2, 0.25) is 5.91 Å². The number of hydrogen-bond donors (Lipinski definition) is 1. The second-order valence-corrected chi connectivity index (χ2v) is 9.72. The highest BCUT2D eigenvalue weighted by atomic mass is 32.1. The van der Waals surface area contributed by atoms with Gasteiger partial charge in [0, 0.05) is 29.6 Å². The lowest BCUT2D eigenvalue weighted by Crippen LogP contribution is -2.23. The first-order valence-electron chi connectivity index (χ1n) is 12.3. The number of allylic oxidation sites excluding steroid dienone is 2. The second-order valence-electron chi connectivity index (χ2n) is 8.81. The van der Waals surface area contributed by atoms with E-state index in [-0.39, 0.29) is 17.2 Å². The van der Waals surface area contributed by atoms with Gasteiger partial charge < -0.3 is 5.32 Å². The highest BCUT2D eigenvalue weighted by molar-refractivity contribution is 7.11. The first-order chi connectivity index (χ1) is 15.2. The molecule has 1 aromatic heterocycles. The van der Waals surface area contributed by atoms with Gasteiger partial charge >= 0.3 is 0 Å². The fourth-order valence-corrected chi connectivity index (χ4v) is 3.80. The molecule has 1 N–H and O–H groups in total. The molecule has 1 heterocycles. The van der Waals surface area contributed by atoms with Crippen molar-refractivity contribution in [1.82, 2.24) is 0 Å². The van der Waals surface area contributed by atoms with E-state index in [2.05, 4.69) is 50.9 Å². The Labute approximate surface area is 201 Å². The zero-order valence-electron chi connectivity index (χ0n) is 21.7. The Morgan fingerprint density at radius 1 is 1.06 bits per heavy atom. The number of Topliss-reactive ketones (excluding diaryl/α,β-unsaturated/α-hetero) is 1.